The molecule has 0 saturated heterocycles. The van der Waals surface area contributed by atoms with E-state index >= 15 is 0 Å². The third-order valence-electron chi connectivity index (χ3n) is 1.86. The fraction of sp³-hybridized carbons (Fsp3) is 0.400. The standard InChI is InChI=1S/C10H12ClN3/c1-3-4-14(2)10-6-8(7-12)5-9(11)13-10/h5-6H,3-4H2,1-2H3. The second-order valence-corrected chi connectivity index (χ2v) is 3.46. The molecule has 1 aromatic heterocycles. The van der Waals surface area contributed by atoms with Crippen molar-refractivity contribution in [2.75, 3.05) is 18.5 Å². The first-order chi connectivity index (χ1) is 6.67. The molecule has 0 fully saturated rings. The van der Waals surface area contributed by atoms with Crippen molar-refractivity contribution in [3.63, 3.8) is 0 Å². The molecule has 0 radical (unpaired) electrons. The van der Waals surface area contributed by atoms with Crippen molar-refractivity contribution in [2.45, 2.75) is 13.3 Å². The zero-order valence-electron chi connectivity index (χ0n) is 8.29. The van der Waals surface area contributed by atoms with Gasteiger partial charge in [0.2, 0.25) is 0 Å². The third kappa shape index (κ3) is 2.61. The highest BCUT2D eigenvalue weighted by molar-refractivity contribution is 6.29. The number of rotatable bonds is 3. The molecule has 0 unspecified atom stereocenters. The summed E-state index contributed by atoms with van der Waals surface area (Å²) in [5.74, 6) is 0.746. The average Bonchev–Trinajstić information content (AvgIpc) is 2.17. The molecule has 0 amide bonds. The predicted molar refractivity (Wildman–Crippen MR) is 57.5 cm³/mol. The SMILES string of the molecule is CCCN(C)c1cc(C#N)cc(Cl)n1. The summed E-state index contributed by atoms with van der Waals surface area (Å²) >= 11 is 5.78. The first-order valence-electron chi connectivity index (χ1n) is 4.46. The van der Waals surface area contributed by atoms with Crippen LogP contribution in [-0.4, -0.2) is 18.6 Å². The third-order valence-corrected chi connectivity index (χ3v) is 2.05. The minimum Gasteiger partial charge on any atom is -0.360 e. The molecule has 0 spiro atoms. The molecule has 0 bridgehead atoms. The second-order valence-electron chi connectivity index (χ2n) is 3.07. The molecule has 0 saturated carbocycles. The molecule has 0 N–H and O–H groups in total. The Hall–Kier alpha value is -1.27. The summed E-state index contributed by atoms with van der Waals surface area (Å²) in [6.45, 7) is 2.99. The second kappa shape index (κ2) is 4.83. The molecule has 74 valence electrons. The van der Waals surface area contributed by atoms with Gasteiger partial charge in [0.25, 0.3) is 0 Å². The van der Waals surface area contributed by atoms with Crippen molar-refractivity contribution in [2.24, 2.45) is 0 Å². The number of halogens is 1. The highest BCUT2D eigenvalue weighted by Crippen LogP contribution is 2.16. The maximum absolute atomic E-state index is 8.74. The molecule has 1 aromatic rings. The maximum atomic E-state index is 8.74. The summed E-state index contributed by atoms with van der Waals surface area (Å²) < 4.78 is 0. The van der Waals surface area contributed by atoms with Gasteiger partial charge in [-0.1, -0.05) is 18.5 Å². The van der Waals surface area contributed by atoms with Crippen LogP contribution >= 0.6 is 11.6 Å². The summed E-state index contributed by atoms with van der Waals surface area (Å²) in [4.78, 5) is 6.12. The summed E-state index contributed by atoms with van der Waals surface area (Å²) in [5, 5.41) is 9.11. The fourth-order valence-electron chi connectivity index (χ4n) is 1.19. The van der Waals surface area contributed by atoms with Crippen LogP contribution in [0.1, 0.15) is 18.9 Å². The van der Waals surface area contributed by atoms with Gasteiger partial charge in [-0.15, -0.1) is 0 Å². The number of pyridine rings is 1. The number of nitrogens with zero attached hydrogens (tertiary/aromatic N) is 3. The molecular formula is C10H12ClN3. The van der Waals surface area contributed by atoms with Gasteiger partial charge in [0.05, 0.1) is 11.6 Å². The number of nitriles is 1. The monoisotopic (exact) mass is 209 g/mol. The molecule has 4 heteroatoms. The Morgan fingerprint density at radius 1 is 1.57 bits per heavy atom. The summed E-state index contributed by atoms with van der Waals surface area (Å²) in [6, 6.07) is 5.35. The van der Waals surface area contributed by atoms with E-state index in [-0.39, 0.29) is 0 Å². The number of hydrogen-bond acceptors (Lipinski definition) is 3. The van der Waals surface area contributed by atoms with E-state index in [1.165, 1.54) is 0 Å². The van der Waals surface area contributed by atoms with Crippen molar-refractivity contribution in [1.82, 2.24) is 4.98 Å². The van der Waals surface area contributed by atoms with E-state index in [9.17, 15) is 0 Å². The molecular weight excluding hydrogens is 198 g/mol. The predicted octanol–water partition coefficient (Wildman–Crippen LogP) is 2.45. The molecule has 0 aliphatic carbocycles. The zero-order chi connectivity index (χ0) is 10.6. The molecule has 1 heterocycles. The Bertz CT molecular complexity index is 357. The zero-order valence-corrected chi connectivity index (χ0v) is 9.04. The Balaban J connectivity index is 2.98. The van der Waals surface area contributed by atoms with E-state index in [0.717, 1.165) is 18.8 Å². The van der Waals surface area contributed by atoms with Crippen molar-refractivity contribution in [1.29, 1.82) is 5.26 Å². The Labute approximate surface area is 88.9 Å². The lowest BCUT2D eigenvalue weighted by Gasteiger charge is -2.17. The van der Waals surface area contributed by atoms with E-state index in [2.05, 4.69) is 18.0 Å². The lowest BCUT2D eigenvalue weighted by molar-refractivity contribution is 0.837. The van der Waals surface area contributed by atoms with Gasteiger partial charge < -0.3 is 4.90 Å². The van der Waals surface area contributed by atoms with Gasteiger partial charge in [-0.3, -0.25) is 0 Å². The molecule has 0 atom stereocenters. The first-order valence-corrected chi connectivity index (χ1v) is 4.84. The Morgan fingerprint density at radius 2 is 2.29 bits per heavy atom. The molecule has 0 aliphatic heterocycles. The Morgan fingerprint density at radius 3 is 2.86 bits per heavy atom. The number of aromatic nitrogens is 1. The van der Waals surface area contributed by atoms with Crippen LogP contribution in [0.25, 0.3) is 0 Å². The van der Waals surface area contributed by atoms with Crippen LogP contribution in [0.5, 0.6) is 0 Å². The van der Waals surface area contributed by atoms with Gasteiger partial charge >= 0.3 is 0 Å². The number of hydrogen-bond donors (Lipinski definition) is 0. The van der Waals surface area contributed by atoms with Crippen LogP contribution in [0, 0.1) is 11.3 Å². The molecule has 3 nitrogen and oxygen atoms in total. The van der Waals surface area contributed by atoms with Crippen LogP contribution in [0.15, 0.2) is 12.1 Å². The quantitative estimate of drug-likeness (QED) is 0.718. The normalized spacial score (nSPS) is 9.57. The van der Waals surface area contributed by atoms with Crippen LogP contribution < -0.4 is 4.90 Å². The van der Waals surface area contributed by atoms with Crippen LogP contribution in [0.2, 0.25) is 5.15 Å². The van der Waals surface area contributed by atoms with Gasteiger partial charge in [-0.25, -0.2) is 4.98 Å². The molecule has 1 rings (SSSR count). The molecule has 0 aliphatic rings. The van der Waals surface area contributed by atoms with Crippen molar-refractivity contribution < 1.29 is 0 Å². The van der Waals surface area contributed by atoms with Crippen molar-refractivity contribution in [3.05, 3.63) is 22.8 Å². The number of anilines is 1. The summed E-state index contributed by atoms with van der Waals surface area (Å²) in [6.07, 6.45) is 1.03. The maximum Gasteiger partial charge on any atom is 0.132 e. The van der Waals surface area contributed by atoms with E-state index < -0.39 is 0 Å². The van der Waals surface area contributed by atoms with E-state index in [4.69, 9.17) is 16.9 Å². The van der Waals surface area contributed by atoms with Crippen LogP contribution in [0.3, 0.4) is 0 Å². The first kappa shape index (κ1) is 10.8. The van der Waals surface area contributed by atoms with Gasteiger partial charge in [0.15, 0.2) is 0 Å². The lowest BCUT2D eigenvalue weighted by atomic mass is 10.3. The van der Waals surface area contributed by atoms with E-state index in [1.54, 1.807) is 12.1 Å². The highest BCUT2D eigenvalue weighted by Gasteiger charge is 2.04. The van der Waals surface area contributed by atoms with Gasteiger partial charge in [-0.2, -0.15) is 5.26 Å². The van der Waals surface area contributed by atoms with Gasteiger partial charge in [0.1, 0.15) is 11.0 Å². The van der Waals surface area contributed by atoms with Crippen molar-refractivity contribution >= 4 is 17.4 Å². The van der Waals surface area contributed by atoms with E-state index in [1.807, 2.05) is 11.9 Å². The summed E-state index contributed by atoms with van der Waals surface area (Å²) in [7, 11) is 1.93. The summed E-state index contributed by atoms with van der Waals surface area (Å²) in [5.41, 5.74) is 0.544. The molecule has 0 aromatic carbocycles. The van der Waals surface area contributed by atoms with Gasteiger partial charge in [0, 0.05) is 13.6 Å². The lowest BCUT2D eigenvalue weighted by Crippen LogP contribution is -2.19. The Kier molecular flexibility index (Phi) is 3.73. The average molecular weight is 210 g/mol. The highest BCUT2D eigenvalue weighted by atomic mass is 35.5. The van der Waals surface area contributed by atoms with Gasteiger partial charge in [-0.05, 0) is 18.6 Å². The molecule has 14 heavy (non-hydrogen) atoms. The van der Waals surface area contributed by atoms with Crippen LogP contribution in [0.4, 0.5) is 5.82 Å². The van der Waals surface area contributed by atoms with E-state index in [0.29, 0.717) is 10.7 Å². The van der Waals surface area contributed by atoms with Crippen molar-refractivity contribution in [3.8, 4) is 6.07 Å². The van der Waals surface area contributed by atoms with Crippen LogP contribution in [-0.2, 0) is 0 Å². The topological polar surface area (TPSA) is 39.9 Å². The minimum atomic E-state index is 0.363. The largest absolute Gasteiger partial charge is 0.360 e. The minimum absolute atomic E-state index is 0.363. The smallest absolute Gasteiger partial charge is 0.132 e. The fourth-order valence-corrected chi connectivity index (χ4v) is 1.40.